The number of hydrogen-bond donors (Lipinski definition) is 4. The van der Waals surface area contributed by atoms with Crippen LogP contribution >= 0.6 is 0 Å². The van der Waals surface area contributed by atoms with Crippen molar-refractivity contribution >= 4 is 17.6 Å². The molecule has 0 fully saturated rings. The molecule has 0 spiro atoms. The summed E-state index contributed by atoms with van der Waals surface area (Å²) in [5.41, 5.74) is 10.2. The normalized spacial score (nSPS) is 11.8. The molecule has 0 bridgehead atoms. The van der Waals surface area contributed by atoms with E-state index >= 15 is 0 Å². The number of anilines is 1. The van der Waals surface area contributed by atoms with E-state index in [2.05, 4.69) is 10.3 Å². The third-order valence-electron chi connectivity index (χ3n) is 1.85. The maximum absolute atomic E-state index is 10.7. The highest BCUT2D eigenvalue weighted by Gasteiger charge is 2.10. The first-order chi connectivity index (χ1) is 7.50. The minimum absolute atomic E-state index is 0.0434. The van der Waals surface area contributed by atoms with Crippen LogP contribution in [0.5, 0.6) is 0 Å². The van der Waals surface area contributed by atoms with Crippen LogP contribution in [0, 0.1) is 0 Å². The van der Waals surface area contributed by atoms with Gasteiger partial charge in [0.15, 0.2) is 0 Å². The highest BCUT2D eigenvalue weighted by atomic mass is 16.3. The number of nitrogens with two attached hydrogens (primary N) is 2. The molecule has 0 radical (unpaired) electrons. The molecule has 0 aromatic carbocycles. The summed E-state index contributed by atoms with van der Waals surface area (Å²) in [6, 6.07) is 2.99. The van der Waals surface area contributed by atoms with Crippen LogP contribution in [0.4, 0.5) is 5.82 Å². The van der Waals surface area contributed by atoms with Gasteiger partial charge in [-0.3, -0.25) is 9.59 Å². The van der Waals surface area contributed by atoms with Crippen LogP contribution in [0.1, 0.15) is 10.4 Å². The van der Waals surface area contributed by atoms with E-state index in [4.69, 9.17) is 16.6 Å². The molecular weight excluding hydrogens is 212 g/mol. The zero-order valence-electron chi connectivity index (χ0n) is 8.38. The molecule has 0 aliphatic carbocycles. The van der Waals surface area contributed by atoms with Gasteiger partial charge in [0.05, 0.1) is 12.1 Å². The Morgan fingerprint density at radius 1 is 1.44 bits per heavy atom. The average Bonchev–Trinajstić information content (AvgIpc) is 2.26. The molecule has 1 aromatic heterocycles. The van der Waals surface area contributed by atoms with E-state index in [9.17, 15) is 9.59 Å². The van der Waals surface area contributed by atoms with E-state index in [1.165, 1.54) is 18.3 Å². The van der Waals surface area contributed by atoms with Crippen LogP contribution in [0.3, 0.4) is 0 Å². The SMILES string of the molecule is NC(=O)c1ccc(NCC(O)C(N)=O)nc1. The lowest BCUT2D eigenvalue weighted by Crippen LogP contribution is -2.34. The summed E-state index contributed by atoms with van der Waals surface area (Å²) in [6.07, 6.45) is 0.0130. The Bertz CT molecular complexity index is 390. The number of aliphatic hydroxyl groups is 1. The summed E-state index contributed by atoms with van der Waals surface area (Å²) < 4.78 is 0. The van der Waals surface area contributed by atoms with Gasteiger partial charge >= 0.3 is 0 Å². The van der Waals surface area contributed by atoms with E-state index in [1.807, 2.05) is 0 Å². The summed E-state index contributed by atoms with van der Waals surface area (Å²) in [5.74, 6) is -0.984. The van der Waals surface area contributed by atoms with Crippen molar-refractivity contribution < 1.29 is 14.7 Å². The number of primary amides is 2. The monoisotopic (exact) mass is 224 g/mol. The van der Waals surface area contributed by atoms with Gasteiger partial charge in [-0.15, -0.1) is 0 Å². The Balaban J connectivity index is 2.56. The Morgan fingerprint density at radius 2 is 2.12 bits per heavy atom. The van der Waals surface area contributed by atoms with E-state index in [1.54, 1.807) is 0 Å². The molecule has 1 atom stereocenters. The summed E-state index contributed by atoms with van der Waals surface area (Å²) in [7, 11) is 0. The van der Waals surface area contributed by atoms with Crippen molar-refractivity contribution in [2.24, 2.45) is 11.5 Å². The first kappa shape index (κ1) is 11.9. The fourth-order valence-electron chi connectivity index (χ4n) is 0.946. The molecule has 1 aromatic rings. The van der Waals surface area contributed by atoms with Gasteiger partial charge in [-0.25, -0.2) is 4.98 Å². The predicted molar refractivity (Wildman–Crippen MR) is 56.4 cm³/mol. The number of carbonyl (C=O) groups is 2. The molecule has 86 valence electrons. The standard InChI is InChI=1S/C9H12N4O3/c10-8(15)5-1-2-7(12-3-5)13-4-6(14)9(11)16/h1-3,6,14H,4H2,(H2,10,15)(H2,11,16)(H,12,13). The number of amides is 2. The Labute approximate surface area is 91.5 Å². The molecular formula is C9H12N4O3. The average molecular weight is 224 g/mol. The number of rotatable bonds is 5. The molecule has 0 saturated heterocycles. The Kier molecular flexibility index (Phi) is 3.78. The van der Waals surface area contributed by atoms with Gasteiger partial charge in [0.1, 0.15) is 11.9 Å². The second-order valence-corrected chi connectivity index (χ2v) is 3.10. The lowest BCUT2D eigenvalue weighted by molar-refractivity contribution is -0.125. The second-order valence-electron chi connectivity index (χ2n) is 3.10. The van der Waals surface area contributed by atoms with Gasteiger partial charge in [0.25, 0.3) is 0 Å². The van der Waals surface area contributed by atoms with Gasteiger partial charge < -0.3 is 21.9 Å². The number of pyridine rings is 1. The summed E-state index contributed by atoms with van der Waals surface area (Å²) in [5, 5.41) is 11.8. The third kappa shape index (κ3) is 3.21. The fourth-order valence-corrected chi connectivity index (χ4v) is 0.946. The van der Waals surface area contributed by atoms with Crippen LogP contribution < -0.4 is 16.8 Å². The molecule has 1 unspecified atom stereocenters. The van der Waals surface area contributed by atoms with Crippen molar-refractivity contribution in [3.63, 3.8) is 0 Å². The maximum atomic E-state index is 10.7. The van der Waals surface area contributed by atoms with E-state index in [0.717, 1.165) is 0 Å². The van der Waals surface area contributed by atoms with Gasteiger partial charge in [-0.05, 0) is 12.1 Å². The van der Waals surface area contributed by atoms with Gasteiger partial charge in [-0.2, -0.15) is 0 Å². The third-order valence-corrected chi connectivity index (χ3v) is 1.85. The lowest BCUT2D eigenvalue weighted by Gasteiger charge is -2.08. The van der Waals surface area contributed by atoms with Crippen LogP contribution in [0.2, 0.25) is 0 Å². The molecule has 7 heteroatoms. The predicted octanol–water partition coefficient (Wildman–Crippen LogP) is -1.56. The lowest BCUT2D eigenvalue weighted by atomic mass is 10.2. The van der Waals surface area contributed by atoms with Gasteiger partial charge in [0.2, 0.25) is 11.8 Å². The van der Waals surface area contributed by atoms with Crippen LogP contribution in [-0.2, 0) is 4.79 Å². The van der Waals surface area contributed by atoms with Crippen molar-refractivity contribution in [3.8, 4) is 0 Å². The van der Waals surface area contributed by atoms with Crippen molar-refractivity contribution in [2.45, 2.75) is 6.10 Å². The molecule has 0 saturated carbocycles. The summed E-state index contributed by atoms with van der Waals surface area (Å²) in [4.78, 5) is 25.1. The van der Waals surface area contributed by atoms with E-state index in [0.29, 0.717) is 5.82 Å². The van der Waals surface area contributed by atoms with Crippen molar-refractivity contribution in [1.82, 2.24) is 4.98 Å². The van der Waals surface area contributed by atoms with Gasteiger partial charge in [-0.1, -0.05) is 0 Å². The minimum atomic E-state index is -1.28. The second kappa shape index (κ2) is 5.08. The maximum Gasteiger partial charge on any atom is 0.250 e. The molecule has 1 rings (SSSR count). The number of aromatic nitrogens is 1. The number of carbonyl (C=O) groups excluding carboxylic acids is 2. The van der Waals surface area contributed by atoms with Gasteiger partial charge in [0, 0.05) is 6.20 Å². The Morgan fingerprint density at radius 3 is 2.56 bits per heavy atom. The molecule has 16 heavy (non-hydrogen) atoms. The number of hydrogen-bond acceptors (Lipinski definition) is 5. The molecule has 1 heterocycles. The molecule has 7 nitrogen and oxygen atoms in total. The van der Waals surface area contributed by atoms with Crippen LogP contribution in [-0.4, -0.2) is 34.6 Å². The molecule has 0 aliphatic heterocycles. The zero-order chi connectivity index (χ0) is 12.1. The number of nitrogens with one attached hydrogen (secondary N) is 1. The number of nitrogens with zero attached hydrogens (tertiary/aromatic N) is 1. The molecule has 0 aliphatic rings. The smallest absolute Gasteiger partial charge is 0.250 e. The van der Waals surface area contributed by atoms with Crippen LogP contribution in [0.25, 0.3) is 0 Å². The van der Waals surface area contributed by atoms with Crippen molar-refractivity contribution in [3.05, 3.63) is 23.9 Å². The van der Waals surface area contributed by atoms with Crippen molar-refractivity contribution in [1.29, 1.82) is 0 Å². The van der Waals surface area contributed by atoms with Crippen molar-refractivity contribution in [2.75, 3.05) is 11.9 Å². The summed E-state index contributed by atoms with van der Waals surface area (Å²) >= 11 is 0. The first-order valence-corrected chi connectivity index (χ1v) is 4.48. The van der Waals surface area contributed by atoms with E-state index < -0.39 is 17.9 Å². The fraction of sp³-hybridized carbons (Fsp3) is 0.222. The first-order valence-electron chi connectivity index (χ1n) is 4.48. The van der Waals surface area contributed by atoms with E-state index in [-0.39, 0.29) is 12.1 Å². The summed E-state index contributed by atoms with van der Waals surface area (Å²) in [6.45, 7) is -0.0434. The van der Waals surface area contributed by atoms with Crippen LogP contribution in [0.15, 0.2) is 18.3 Å². The quantitative estimate of drug-likeness (QED) is 0.480. The highest BCUT2D eigenvalue weighted by molar-refractivity contribution is 5.92. The molecule has 6 N–H and O–H groups in total. The Hall–Kier alpha value is -2.15. The largest absolute Gasteiger partial charge is 0.381 e. The zero-order valence-corrected chi connectivity index (χ0v) is 8.38. The topological polar surface area (TPSA) is 131 Å². The number of aliphatic hydroxyl groups excluding tert-OH is 1. The highest BCUT2D eigenvalue weighted by Crippen LogP contribution is 2.04. The minimum Gasteiger partial charge on any atom is -0.381 e. The molecule has 2 amide bonds.